The summed E-state index contributed by atoms with van der Waals surface area (Å²) in [4.78, 5) is 21.4. The van der Waals surface area contributed by atoms with Crippen LogP contribution in [-0.2, 0) is 6.54 Å². The summed E-state index contributed by atoms with van der Waals surface area (Å²) in [6.07, 6.45) is 1.98. The molecule has 0 amide bonds. The maximum Gasteiger partial charge on any atom is 0.277 e. The molecule has 0 saturated carbocycles. The Bertz CT molecular complexity index is 1020. The highest BCUT2D eigenvalue weighted by Gasteiger charge is 2.08. The van der Waals surface area contributed by atoms with Crippen LogP contribution in [0.3, 0.4) is 0 Å². The summed E-state index contributed by atoms with van der Waals surface area (Å²) in [7, 11) is 0. The third kappa shape index (κ3) is 3.67. The van der Waals surface area contributed by atoms with Crippen molar-refractivity contribution < 1.29 is 14.9 Å². The Balaban J connectivity index is 1.80. The van der Waals surface area contributed by atoms with Crippen LogP contribution < -0.4 is 16.0 Å². The van der Waals surface area contributed by atoms with E-state index in [4.69, 9.17) is 17.0 Å². The van der Waals surface area contributed by atoms with Crippen molar-refractivity contribution in [3.63, 3.8) is 0 Å². The smallest absolute Gasteiger partial charge is 0.277 e. The van der Waals surface area contributed by atoms with Crippen molar-refractivity contribution in [2.24, 2.45) is 0 Å². The van der Waals surface area contributed by atoms with Crippen molar-refractivity contribution in [3.05, 3.63) is 63.2 Å². The maximum absolute atomic E-state index is 12.5. The second-order valence-electron chi connectivity index (χ2n) is 5.40. The molecule has 0 spiro atoms. The van der Waals surface area contributed by atoms with Gasteiger partial charge >= 0.3 is 0 Å². The average molecular weight is 362 g/mol. The minimum Gasteiger partial charge on any atom is -0.489 e. The zero-order valence-corrected chi connectivity index (χ0v) is 14.1. The van der Waals surface area contributed by atoms with Gasteiger partial charge in [-0.05, 0) is 29.9 Å². The molecule has 2 heterocycles. The Labute approximate surface area is 147 Å². The fourth-order valence-electron chi connectivity index (χ4n) is 2.34. The molecule has 25 heavy (non-hydrogen) atoms. The minimum absolute atomic E-state index is 0.165. The number of hydrogen-bond acceptors (Lipinski definition) is 4. The molecule has 1 aromatic carbocycles. The maximum atomic E-state index is 12.5. The van der Waals surface area contributed by atoms with Gasteiger partial charge in [0.25, 0.3) is 5.56 Å². The molecule has 0 saturated heterocycles. The molecule has 0 unspecified atom stereocenters. The Hall–Kier alpha value is -2.78. The van der Waals surface area contributed by atoms with Gasteiger partial charge in [0.1, 0.15) is 24.4 Å². The number of quaternary nitrogens is 1. The summed E-state index contributed by atoms with van der Waals surface area (Å²) in [5.74, 6) is 0.631. The Morgan fingerprint density at radius 1 is 1.40 bits per heavy atom. The lowest BCUT2D eigenvalue weighted by atomic mass is 10.2. The third-order valence-corrected chi connectivity index (χ3v) is 4.05. The first-order valence-electron chi connectivity index (χ1n) is 7.57. The fraction of sp³-hybridized carbons (Fsp3) is 0.188. The number of aromatic amines is 2. The predicted octanol–water partition coefficient (Wildman–Crippen LogP) is 1.30. The first kappa shape index (κ1) is 17.1. The van der Waals surface area contributed by atoms with E-state index in [1.807, 2.05) is 12.1 Å². The van der Waals surface area contributed by atoms with Gasteiger partial charge in [-0.2, -0.15) is 0 Å². The molecule has 5 N–H and O–H groups in total. The van der Waals surface area contributed by atoms with Crippen LogP contribution in [0.5, 0.6) is 5.75 Å². The number of imidazole rings is 1. The number of H-pyrrole nitrogens is 2. The van der Waals surface area contributed by atoms with E-state index >= 15 is 0 Å². The van der Waals surface area contributed by atoms with Crippen molar-refractivity contribution in [2.75, 3.05) is 13.2 Å². The molecule has 9 heteroatoms. The molecular formula is C16H17FN5O2S+. The molecule has 0 atom stereocenters. The molecule has 0 fully saturated rings. The van der Waals surface area contributed by atoms with E-state index in [9.17, 15) is 9.18 Å². The molecule has 0 radical (unpaired) electrons. The second-order valence-corrected chi connectivity index (χ2v) is 5.78. The monoisotopic (exact) mass is 362 g/mol. The number of rotatable bonds is 6. The van der Waals surface area contributed by atoms with Gasteiger partial charge in [0.2, 0.25) is 0 Å². The van der Waals surface area contributed by atoms with E-state index in [-0.39, 0.29) is 12.2 Å². The predicted molar refractivity (Wildman–Crippen MR) is 93.5 cm³/mol. The van der Waals surface area contributed by atoms with Gasteiger partial charge in [0, 0.05) is 5.57 Å². The van der Waals surface area contributed by atoms with Crippen molar-refractivity contribution in [2.45, 2.75) is 6.54 Å². The zero-order valence-electron chi connectivity index (χ0n) is 13.3. The van der Waals surface area contributed by atoms with E-state index in [0.29, 0.717) is 46.7 Å². The largest absolute Gasteiger partial charge is 0.489 e. The van der Waals surface area contributed by atoms with Crippen molar-refractivity contribution in [3.8, 4) is 5.75 Å². The van der Waals surface area contributed by atoms with Crippen LogP contribution in [0.1, 0.15) is 5.56 Å². The first-order valence-corrected chi connectivity index (χ1v) is 7.98. The summed E-state index contributed by atoms with van der Waals surface area (Å²) in [6.45, 7) is 0.975. The summed E-state index contributed by atoms with van der Waals surface area (Å²) in [5, 5.41) is 0. The Morgan fingerprint density at radius 2 is 2.16 bits per heavy atom. The van der Waals surface area contributed by atoms with E-state index in [1.54, 1.807) is 16.7 Å². The molecule has 0 aliphatic carbocycles. The number of halogens is 1. The van der Waals surface area contributed by atoms with Crippen molar-refractivity contribution in [1.82, 2.24) is 19.5 Å². The summed E-state index contributed by atoms with van der Waals surface area (Å²) in [5.41, 5.74) is 5.67. The van der Waals surface area contributed by atoms with Crippen LogP contribution >= 0.6 is 12.2 Å². The second kappa shape index (κ2) is 7.41. The van der Waals surface area contributed by atoms with Crippen LogP contribution in [-0.4, -0.2) is 32.7 Å². The Morgan fingerprint density at radius 3 is 2.84 bits per heavy atom. The lowest BCUT2D eigenvalue weighted by molar-refractivity contribution is -0.356. The number of ether oxygens (including phenoxy) is 1. The molecular weight excluding hydrogens is 345 g/mol. The van der Waals surface area contributed by atoms with Crippen LogP contribution in [0.2, 0.25) is 0 Å². The summed E-state index contributed by atoms with van der Waals surface area (Å²) < 4.78 is 20.1. The van der Waals surface area contributed by atoms with Crippen LogP contribution in [0.25, 0.3) is 11.2 Å². The molecule has 7 nitrogen and oxygen atoms in total. The highest BCUT2D eigenvalue weighted by molar-refractivity contribution is 7.71. The van der Waals surface area contributed by atoms with Gasteiger partial charge < -0.3 is 15.5 Å². The minimum atomic E-state index is -0.292. The Kier molecular flexibility index (Phi) is 5.05. The lowest BCUT2D eigenvalue weighted by Gasteiger charge is -2.10. The summed E-state index contributed by atoms with van der Waals surface area (Å²) in [6, 6.07) is 7.35. The SMILES string of the molecule is [NH3+]C/C(=C\F)COc1ccc(Cn2c(=S)[nH]c(=O)c3[nH]cnc32)cc1. The standard InChI is InChI=1S/C16H16FN5O2S/c17-5-11(6-18)8-24-12-3-1-10(2-4-12)7-22-14-13(19-9-20-14)15(23)21-16(22)25/h1-5,9H,6-8,18H2,(H,19,20)(H,21,23,25)/p+1/b11-5+. The third-order valence-electron chi connectivity index (χ3n) is 3.73. The van der Waals surface area contributed by atoms with E-state index in [0.717, 1.165) is 5.56 Å². The van der Waals surface area contributed by atoms with E-state index < -0.39 is 0 Å². The number of benzene rings is 1. The number of nitrogens with zero attached hydrogens (tertiary/aromatic N) is 2. The van der Waals surface area contributed by atoms with Gasteiger partial charge in [0.05, 0.1) is 19.2 Å². The van der Waals surface area contributed by atoms with E-state index in [2.05, 4.69) is 20.7 Å². The molecule has 3 rings (SSSR count). The highest BCUT2D eigenvalue weighted by Crippen LogP contribution is 2.15. The molecule has 2 aromatic heterocycles. The quantitative estimate of drug-likeness (QED) is 0.575. The highest BCUT2D eigenvalue weighted by atomic mass is 32.1. The zero-order chi connectivity index (χ0) is 17.8. The molecule has 0 bridgehead atoms. The average Bonchev–Trinajstić information content (AvgIpc) is 3.11. The molecule has 0 aliphatic rings. The molecule has 0 aliphatic heterocycles. The van der Waals surface area contributed by atoms with Crippen LogP contribution in [0, 0.1) is 4.77 Å². The van der Waals surface area contributed by atoms with Crippen molar-refractivity contribution >= 4 is 23.4 Å². The van der Waals surface area contributed by atoms with Gasteiger partial charge in [-0.3, -0.25) is 14.3 Å². The normalized spacial score (nSPS) is 11.8. The number of aromatic nitrogens is 4. The number of hydrogen-bond donors (Lipinski definition) is 3. The molecule has 3 aromatic rings. The van der Waals surface area contributed by atoms with Crippen LogP contribution in [0.15, 0.2) is 47.3 Å². The van der Waals surface area contributed by atoms with Gasteiger partial charge in [-0.15, -0.1) is 0 Å². The number of nitrogens with one attached hydrogen (secondary N) is 2. The topological polar surface area (TPSA) is 103 Å². The van der Waals surface area contributed by atoms with Gasteiger partial charge in [-0.25, -0.2) is 9.37 Å². The number of fused-ring (bicyclic) bond motifs is 1. The molecule has 130 valence electrons. The van der Waals surface area contributed by atoms with E-state index in [1.165, 1.54) is 6.33 Å². The van der Waals surface area contributed by atoms with Crippen molar-refractivity contribution in [1.29, 1.82) is 0 Å². The van der Waals surface area contributed by atoms with Crippen LogP contribution in [0.4, 0.5) is 4.39 Å². The summed E-state index contributed by atoms with van der Waals surface area (Å²) >= 11 is 5.24. The fourth-order valence-corrected chi connectivity index (χ4v) is 2.58. The van der Waals surface area contributed by atoms with Gasteiger partial charge in [-0.1, -0.05) is 12.1 Å². The first-order chi connectivity index (χ1) is 12.1. The lowest BCUT2D eigenvalue weighted by Crippen LogP contribution is -2.51. The van der Waals surface area contributed by atoms with Gasteiger partial charge in [0.15, 0.2) is 10.4 Å².